The third-order valence-corrected chi connectivity index (χ3v) is 7.19. The number of aliphatic hydroxyl groups excluding tert-OH is 1. The van der Waals surface area contributed by atoms with Gasteiger partial charge in [-0.25, -0.2) is 0 Å². The van der Waals surface area contributed by atoms with Crippen molar-refractivity contribution in [1.82, 2.24) is 9.88 Å². The number of halogens is 2. The van der Waals surface area contributed by atoms with E-state index in [0.29, 0.717) is 22.6 Å². The molecule has 5 rings (SSSR count). The summed E-state index contributed by atoms with van der Waals surface area (Å²) in [4.78, 5) is 32.6. The van der Waals surface area contributed by atoms with Gasteiger partial charge in [-0.1, -0.05) is 59.6 Å². The molecule has 1 atom stereocenters. The summed E-state index contributed by atoms with van der Waals surface area (Å²) >= 11 is 12.9. The predicted octanol–water partition coefficient (Wildman–Crippen LogP) is 6.82. The summed E-state index contributed by atoms with van der Waals surface area (Å²) in [6.07, 6.45) is 3.22. The Hall–Kier alpha value is -4.53. The van der Waals surface area contributed by atoms with Gasteiger partial charge in [-0.3, -0.25) is 14.6 Å². The zero-order chi connectivity index (χ0) is 29.1. The monoisotopic (exact) mass is 590 g/mol. The number of aromatic nitrogens is 1. The molecule has 1 aliphatic heterocycles. The number of rotatable bonds is 8. The largest absolute Gasteiger partial charge is 0.507 e. The maximum atomic E-state index is 13.6. The molecule has 3 aromatic carbocycles. The second-order valence-corrected chi connectivity index (χ2v) is 9.85. The number of nitrogens with zero attached hydrogens (tertiary/aromatic N) is 2. The van der Waals surface area contributed by atoms with Crippen molar-refractivity contribution in [3.05, 3.63) is 117 Å². The van der Waals surface area contributed by atoms with Crippen LogP contribution >= 0.6 is 23.2 Å². The number of ether oxygens (including phenoxy) is 3. The van der Waals surface area contributed by atoms with E-state index in [1.165, 1.54) is 25.2 Å². The molecule has 0 saturated carbocycles. The average Bonchev–Trinajstić information content (AvgIpc) is 3.23. The second-order valence-electron chi connectivity index (χ2n) is 9.06. The number of carbonyl (C=O) groups excluding carboxylic acids is 2. The minimum atomic E-state index is -0.987. The fourth-order valence-electron chi connectivity index (χ4n) is 4.74. The molecule has 1 amide bonds. The maximum absolute atomic E-state index is 13.6. The number of methoxy groups -OCH3 is 2. The van der Waals surface area contributed by atoms with Crippen molar-refractivity contribution in [3.8, 4) is 23.0 Å². The molecular weight excluding hydrogens is 567 g/mol. The Bertz CT molecular complexity index is 1640. The van der Waals surface area contributed by atoms with Crippen molar-refractivity contribution in [1.29, 1.82) is 0 Å². The Kier molecular flexibility index (Phi) is 8.14. The van der Waals surface area contributed by atoms with Crippen LogP contribution in [-0.4, -0.2) is 40.9 Å². The molecule has 1 fully saturated rings. The number of likely N-dealkylation sites (tertiary alicyclic amines) is 1. The van der Waals surface area contributed by atoms with Gasteiger partial charge in [0.2, 0.25) is 0 Å². The van der Waals surface area contributed by atoms with Crippen LogP contribution < -0.4 is 14.2 Å². The van der Waals surface area contributed by atoms with Gasteiger partial charge in [0.05, 0.1) is 36.4 Å². The number of para-hydroxylation sites is 1. The van der Waals surface area contributed by atoms with Crippen LogP contribution in [0.4, 0.5) is 0 Å². The topological polar surface area (TPSA) is 98.2 Å². The molecule has 41 heavy (non-hydrogen) atoms. The number of ketones is 1. The number of benzene rings is 3. The molecule has 10 heteroatoms. The van der Waals surface area contributed by atoms with Crippen molar-refractivity contribution < 1.29 is 28.9 Å². The van der Waals surface area contributed by atoms with E-state index in [4.69, 9.17) is 37.4 Å². The molecule has 0 radical (unpaired) electrons. The molecule has 208 valence electrons. The number of Topliss-reactive ketones (excluding diaryl/α,β-unsaturated/α-hetero) is 1. The summed E-state index contributed by atoms with van der Waals surface area (Å²) in [5.41, 5.74) is 1.10. The number of amides is 1. The molecule has 0 spiro atoms. The van der Waals surface area contributed by atoms with Gasteiger partial charge >= 0.3 is 0 Å². The molecule has 0 bridgehead atoms. The van der Waals surface area contributed by atoms with Crippen molar-refractivity contribution in [2.75, 3.05) is 14.2 Å². The summed E-state index contributed by atoms with van der Waals surface area (Å²) < 4.78 is 16.7. The van der Waals surface area contributed by atoms with E-state index < -0.39 is 23.5 Å². The van der Waals surface area contributed by atoms with Crippen LogP contribution in [0.25, 0.3) is 5.76 Å². The number of pyridine rings is 1. The fraction of sp³-hybridized carbons (Fsp3) is 0.129. The van der Waals surface area contributed by atoms with Gasteiger partial charge in [-0.2, -0.15) is 0 Å². The summed E-state index contributed by atoms with van der Waals surface area (Å²) in [5, 5.41) is 11.7. The zero-order valence-electron chi connectivity index (χ0n) is 22.0. The second kappa shape index (κ2) is 11.9. The third kappa shape index (κ3) is 5.44. The highest BCUT2D eigenvalue weighted by Crippen LogP contribution is 2.47. The highest BCUT2D eigenvalue weighted by Gasteiger charge is 2.46. The Balaban J connectivity index is 1.69. The van der Waals surface area contributed by atoms with Gasteiger partial charge in [0.15, 0.2) is 11.5 Å². The Morgan fingerprint density at radius 2 is 1.66 bits per heavy atom. The van der Waals surface area contributed by atoms with Gasteiger partial charge in [-0.05, 0) is 47.5 Å². The number of hydrogen-bond donors (Lipinski definition) is 1. The summed E-state index contributed by atoms with van der Waals surface area (Å²) in [7, 11) is 2.74. The van der Waals surface area contributed by atoms with Crippen LogP contribution in [0.15, 0.2) is 90.8 Å². The van der Waals surface area contributed by atoms with Crippen LogP contribution in [0, 0.1) is 0 Å². The van der Waals surface area contributed by atoms with Crippen molar-refractivity contribution >= 4 is 40.7 Å². The first kappa shape index (κ1) is 28.0. The first-order valence-corrected chi connectivity index (χ1v) is 13.2. The number of carbonyl (C=O) groups is 2. The zero-order valence-corrected chi connectivity index (χ0v) is 23.5. The number of aliphatic hydroxyl groups is 1. The molecule has 1 N–H and O–H groups in total. The van der Waals surface area contributed by atoms with E-state index in [1.807, 2.05) is 30.3 Å². The summed E-state index contributed by atoms with van der Waals surface area (Å²) in [6.45, 7) is 0.0604. The molecule has 2 heterocycles. The Labute approximate surface area is 246 Å². The molecule has 1 unspecified atom stereocenters. The van der Waals surface area contributed by atoms with Crippen LogP contribution in [0.5, 0.6) is 23.0 Å². The van der Waals surface area contributed by atoms with Gasteiger partial charge in [0.25, 0.3) is 11.7 Å². The third-order valence-electron chi connectivity index (χ3n) is 6.56. The normalized spacial score (nSPS) is 16.1. The van der Waals surface area contributed by atoms with Crippen molar-refractivity contribution in [3.63, 3.8) is 0 Å². The van der Waals surface area contributed by atoms with E-state index in [9.17, 15) is 14.7 Å². The molecule has 1 aliphatic rings. The standard InChI is InChI=1S/C31H24Cl2N2O6/c1-39-29-22(15-23(32)30(40-2)25(29)33)27(36)24-26(35(31(38)28(24)37)17-18-8-7-13-34-16-18)19-9-6-12-21(14-19)41-20-10-4-3-5-11-20/h3-16,26,36H,17H2,1-2H3/b27-24+. The molecule has 0 aliphatic carbocycles. The minimum absolute atomic E-state index is 0.00319. The van der Waals surface area contributed by atoms with Crippen molar-refractivity contribution in [2.45, 2.75) is 12.6 Å². The molecule has 1 aromatic heterocycles. The lowest BCUT2D eigenvalue weighted by atomic mass is 9.94. The lowest BCUT2D eigenvalue weighted by molar-refractivity contribution is -0.140. The smallest absolute Gasteiger partial charge is 0.295 e. The summed E-state index contributed by atoms with van der Waals surface area (Å²) in [6, 6.07) is 20.1. The van der Waals surface area contributed by atoms with Crippen LogP contribution in [0.3, 0.4) is 0 Å². The van der Waals surface area contributed by atoms with Gasteiger partial charge in [0, 0.05) is 18.9 Å². The first-order valence-electron chi connectivity index (χ1n) is 12.4. The van der Waals surface area contributed by atoms with Gasteiger partial charge < -0.3 is 24.2 Å². The Morgan fingerprint density at radius 1 is 0.927 bits per heavy atom. The molecule has 8 nitrogen and oxygen atoms in total. The SMILES string of the molecule is COc1c(Cl)cc(/C(O)=C2\C(=O)C(=O)N(Cc3cccnc3)C2c2cccc(Oc3ccccc3)c2)c(OC)c1Cl. The predicted molar refractivity (Wildman–Crippen MR) is 155 cm³/mol. The van der Waals surface area contributed by atoms with Crippen LogP contribution in [0.2, 0.25) is 10.0 Å². The fourth-order valence-corrected chi connectivity index (χ4v) is 5.43. The lowest BCUT2D eigenvalue weighted by Crippen LogP contribution is -2.29. The average molecular weight is 591 g/mol. The quantitative estimate of drug-likeness (QED) is 0.136. The minimum Gasteiger partial charge on any atom is -0.507 e. The van der Waals surface area contributed by atoms with E-state index in [2.05, 4.69) is 4.98 Å². The summed E-state index contributed by atoms with van der Waals surface area (Å²) in [5.74, 6) is -0.907. The maximum Gasteiger partial charge on any atom is 0.295 e. The molecular formula is C31H24Cl2N2O6. The van der Waals surface area contributed by atoms with E-state index in [0.717, 1.165) is 0 Å². The van der Waals surface area contributed by atoms with Crippen LogP contribution in [-0.2, 0) is 16.1 Å². The van der Waals surface area contributed by atoms with E-state index >= 15 is 0 Å². The van der Waals surface area contributed by atoms with Crippen molar-refractivity contribution in [2.24, 2.45) is 0 Å². The molecule has 1 saturated heterocycles. The molecule has 4 aromatic rings. The van der Waals surface area contributed by atoms with Crippen LogP contribution in [0.1, 0.15) is 22.7 Å². The Morgan fingerprint density at radius 3 is 2.34 bits per heavy atom. The van der Waals surface area contributed by atoms with Gasteiger partial charge in [0.1, 0.15) is 22.3 Å². The van der Waals surface area contributed by atoms with E-state index in [-0.39, 0.29) is 39.2 Å². The highest BCUT2D eigenvalue weighted by molar-refractivity contribution is 6.47. The first-order chi connectivity index (χ1) is 19.8. The van der Waals surface area contributed by atoms with Gasteiger partial charge in [-0.15, -0.1) is 0 Å². The lowest BCUT2D eigenvalue weighted by Gasteiger charge is -2.26. The highest BCUT2D eigenvalue weighted by atomic mass is 35.5. The number of hydrogen-bond acceptors (Lipinski definition) is 7. The van der Waals surface area contributed by atoms with E-state index in [1.54, 1.807) is 48.8 Å².